The molecule has 31 heavy (non-hydrogen) atoms. The molecule has 0 N–H and O–H groups in total. The lowest BCUT2D eigenvalue weighted by Gasteiger charge is -2.14. The van der Waals surface area contributed by atoms with Crippen LogP contribution in [0.1, 0.15) is 68.6 Å². The number of para-hydroxylation sites is 1. The lowest BCUT2D eigenvalue weighted by Crippen LogP contribution is -2.12. The third kappa shape index (κ3) is 3.50. The van der Waals surface area contributed by atoms with Crippen LogP contribution in [0.15, 0.2) is 42.5 Å². The van der Waals surface area contributed by atoms with E-state index in [-0.39, 0.29) is 17.5 Å². The summed E-state index contributed by atoms with van der Waals surface area (Å²) in [6, 6.07) is 12.9. The molecule has 1 aliphatic carbocycles. The normalized spacial score (nSPS) is 16.0. The Morgan fingerprint density at radius 3 is 2.32 bits per heavy atom. The lowest BCUT2D eigenvalue weighted by atomic mass is 10.0. The van der Waals surface area contributed by atoms with Crippen molar-refractivity contribution in [2.45, 2.75) is 64.2 Å². The second kappa shape index (κ2) is 7.11. The number of fused-ring (bicyclic) bond motifs is 2. The number of rotatable bonds is 5. The summed E-state index contributed by atoms with van der Waals surface area (Å²) in [5.41, 5.74) is 3.05. The van der Waals surface area contributed by atoms with Gasteiger partial charge in [0.25, 0.3) is 0 Å². The fourth-order valence-electron chi connectivity index (χ4n) is 4.45. The van der Waals surface area contributed by atoms with Crippen molar-refractivity contribution < 1.29 is 13.2 Å². The third-order valence-corrected chi connectivity index (χ3v) is 6.08. The van der Waals surface area contributed by atoms with Crippen LogP contribution in [-0.4, -0.2) is 19.6 Å². The van der Waals surface area contributed by atoms with Crippen molar-refractivity contribution in [2.24, 2.45) is 0 Å². The molecule has 162 valence electrons. The van der Waals surface area contributed by atoms with Crippen LogP contribution in [0, 0.1) is 0 Å². The van der Waals surface area contributed by atoms with Crippen molar-refractivity contribution in [1.29, 1.82) is 0 Å². The van der Waals surface area contributed by atoms with Gasteiger partial charge >= 0.3 is 6.18 Å². The molecular weight excluding hydrogens is 401 g/mol. The van der Waals surface area contributed by atoms with Crippen LogP contribution in [0.3, 0.4) is 0 Å². The summed E-state index contributed by atoms with van der Waals surface area (Å²) in [5, 5.41) is 10.2. The summed E-state index contributed by atoms with van der Waals surface area (Å²) in [5.74, 6) is 0.527. The van der Waals surface area contributed by atoms with Gasteiger partial charge in [0.1, 0.15) is 0 Å². The maximum absolute atomic E-state index is 13.5. The number of alkyl halides is 3. The Balaban J connectivity index is 1.53. The molecule has 7 heteroatoms. The maximum atomic E-state index is 13.5. The first-order valence-corrected chi connectivity index (χ1v) is 10.8. The first-order chi connectivity index (χ1) is 14.7. The van der Waals surface area contributed by atoms with Gasteiger partial charge in [-0.2, -0.15) is 23.4 Å². The van der Waals surface area contributed by atoms with Crippen molar-refractivity contribution >= 4 is 21.8 Å². The fraction of sp³-hybridized carbons (Fsp3) is 0.417. The molecule has 0 radical (unpaired) electrons. The van der Waals surface area contributed by atoms with Crippen LogP contribution in [0.4, 0.5) is 13.2 Å². The van der Waals surface area contributed by atoms with Gasteiger partial charge in [-0.05, 0) is 63.8 Å². The largest absolute Gasteiger partial charge is 0.435 e. The van der Waals surface area contributed by atoms with E-state index in [4.69, 9.17) is 5.10 Å². The van der Waals surface area contributed by atoms with Crippen molar-refractivity contribution in [2.75, 3.05) is 0 Å². The van der Waals surface area contributed by atoms with E-state index < -0.39 is 11.9 Å². The second-order valence-electron chi connectivity index (χ2n) is 8.91. The molecule has 0 bridgehead atoms. The van der Waals surface area contributed by atoms with Gasteiger partial charge in [0.15, 0.2) is 5.69 Å². The van der Waals surface area contributed by atoms with Crippen molar-refractivity contribution in [1.82, 2.24) is 19.6 Å². The van der Waals surface area contributed by atoms with Crippen molar-refractivity contribution in [3.8, 4) is 0 Å². The summed E-state index contributed by atoms with van der Waals surface area (Å²) < 4.78 is 44.1. The minimum absolute atomic E-state index is 0.145. The Bertz CT molecular complexity index is 1260. The van der Waals surface area contributed by atoms with Gasteiger partial charge < -0.3 is 0 Å². The highest BCUT2D eigenvalue weighted by molar-refractivity contribution is 5.84. The topological polar surface area (TPSA) is 35.6 Å². The zero-order chi connectivity index (χ0) is 21.9. The molecule has 1 saturated carbocycles. The van der Waals surface area contributed by atoms with E-state index in [0.717, 1.165) is 16.8 Å². The number of hydrogen-bond donors (Lipinski definition) is 0. The molecule has 5 rings (SSSR count). The molecule has 4 aromatic rings. The van der Waals surface area contributed by atoms with Crippen LogP contribution in [0.2, 0.25) is 0 Å². The molecule has 1 aliphatic rings. The number of aromatic nitrogens is 4. The quantitative estimate of drug-likeness (QED) is 0.357. The molecular formula is C24H25F3N4. The van der Waals surface area contributed by atoms with E-state index >= 15 is 0 Å². The van der Waals surface area contributed by atoms with Crippen LogP contribution in [0.5, 0.6) is 0 Å². The predicted molar refractivity (Wildman–Crippen MR) is 115 cm³/mol. The van der Waals surface area contributed by atoms with E-state index in [0.29, 0.717) is 17.9 Å². The molecule has 0 aliphatic heterocycles. The van der Waals surface area contributed by atoms with Gasteiger partial charge in [0.05, 0.1) is 22.8 Å². The maximum Gasteiger partial charge on any atom is 0.435 e. The summed E-state index contributed by atoms with van der Waals surface area (Å²) in [4.78, 5) is 0. The fourth-order valence-corrected chi connectivity index (χ4v) is 4.45. The molecule has 1 atom stereocenters. The molecule has 0 spiro atoms. The summed E-state index contributed by atoms with van der Waals surface area (Å²) in [7, 11) is 0. The minimum Gasteiger partial charge on any atom is -0.262 e. The molecule has 4 nitrogen and oxygen atoms in total. The van der Waals surface area contributed by atoms with E-state index in [1.165, 1.54) is 29.0 Å². The molecule has 2 aromatic heterocycles. The summed E-state index contributed by atoms with van der Waals surface area (Å²) in [6.07, 6.45) is -1.54. The number of benzene rings is 2. The molecule has 1 fully saturated rings. The van der Waals surface area contributed by atoms with Crippen LogP contribution in [0.25, 0.3) is 21.8 Å². The third-order valence-electron chi connectivity index (χ3n) is 6.08. The van der Waals surface area contributed by atoms with Crippen molar-refractivity contribution in [3.63, 3.8) is 0 Å². The molecule has 1 unspecified atom stereocenters. The van der Waals surface area contributed by atoms with Crippen LogP contribution in [-0.2, 0) is 12.6 Å². The molecule has 2 heterocycles. The zero-order valence-corrected chi connectivity index (χ0v) is 17.8. The molecule has 0 amide bonds. The summed E-state index contributed by atoms with van der Waals surface area (Å²) >= 11 is 0. The van der Waals surface area contributed by atoms with Gasteiger partial charge in [0.2, 0.25) is 0 Å². The van der Waals surface area contributed by atoms with Gasteiger partial charge in [-0.1, -0.05) is 24.3 Å². The Kier molecular flexibility index (Phi) is 4.61. The smallest absolute Gasteiger partial charge is 0.262 e. The van der Waals surface area contributed by atoms with Crippen LogP contribution >= 0.6 is 0 Å². The average Bonchev–Trinajstić information content (AvgIpc) is 3.36. The first kappa shape index (κ1) is 20.1. The van der Waals surface area contributed by atoms with Gasteiger partial charge in [0, 0.05) is 22.7 Å². The van der Waals surface area contributed by atoms with Gasteiger partial charge in [-0.25, -0.2) is 0 Å². The van der Waals surface area contributed by atoms with E-state index in [1.807, 2.05) is 6.92 Å². The molecule has 2 aromatic carbocycles. The van der Waals surface area contributed by atoms with Crippen molar-refractivity contribution in [3.05, 3.63) is 59.4 Å². The van der Waals surface area contributed by atoms with E-state index in [9.17, 15) is 13.2 Å². The molecule has 0 saturated heterocycles. The first-order valence-electron chi connectivity index (χ1n) is 10.8. The minimum atomic E-state index is -4.48. The monoisotopic (exact) mass is 426 g/mol. The standard InChI is InChI=1S/C24H25F3N4/c1-14(2)30-21-11-8-16(13-19(21)22(28-30)17-9-10-17)12-15(3)31-20-7-5-4-6-18(20)23(29-31)24(25,26)27/h4-8,11,13-15,17H,9-10,12H2,1-3H3. The number of hydrogen-bond acceptors (Lipinski definition) is 2. The Hall–Kier alpha value is -2.83. The lowest BCUT2D eigenvalue weighted by molar-refractivity contribution is -0.140. The van der Waals surface area contributed by atoms with E-state index in [2.05, 4.69) is 41.8 Å². The Labute approximate surface area is 178 Å². The highest BCUT2D eigenvalue weighted by Crippen LogP contribution is 2.43. The Morgan fingerprint density at radius 2 is 1.65 bits per heavy atom. The highest BCUT2D eigenvalue weighted by atomic mass is 19.4. The number of halogens is 3. The van der Waals surface area contributed by atoms with E-state index in [1.54, 1.807) is 18.2 Å². The summed E-state index contributed by atoms with van der Waals surface area (Å²) in [6.45, 7) is 6.17. The average molecular weight is 426 g/mol. The van der Waals surface area contributed by atoms with Crippen LogP contribution < -0.4 is 0 Å². The zero-order valence-electron chi connectivity index (χ0n) is 17.8. The SMILES string of the molecule is CC(C)n1nc(C2CC2)c2cc(CC(C)n3nc(C(F)(F)F)c4ccccc43)ccc21. The highest BCUT2D eigenvalue weighted by Gasteiger charge is 2.37. The number of nitrogens with zero attached hydrogens (tertiary/aromatic N) is 4. The van der Waals surface area contributed by atoms with Gasteiger partial charge in [-0.3, -0.25) is 9.36 Å². The predicted octanol–water partition coefficient (Wildman–Crippen LogP) is 6.67. The van der Waals surface area contributed by atoms with Gasteiger partial charge in [-0.15, -0.1) is 0 Å². The second-order valence-corrected chi connectivity index (χ2v) is 8.91. The Morgan fingerprint density at radius 1 is 0.935 bits per heavy atom.